The summed E-state index contributed by atoms with van der Waals surface area (Å²) in [5.74, 6) is 1.69. The Hall–Kier alpha value is -0.0800. The molecule has 3 rings (SSSR count). The van der Waals surface area contributed by atoms with Crippen molar-refractivity contribution >= 4 is 0 Å². The van der Waals surface area contributed by atoms with Crippen molar-refractivity contribution in [2.45, 2.75) is 70.2 Å². The van der Waals surface area contributed by atoms with E-state index in [4.69, 9.17) is 9.47 Å². The van der Waals surface area contributed by atoms with Gasteiger partial charge in [-0.15, -0.1) is 0 Å². The van der Waals surface area contributed by atoms with E-state index in [1.54, 1.807) is 0 Å². The number of hydrogen-bond donors (Lipinski definition) is 0. The van der Waals surface area contributed by atoms with E-state index in [2.05, 4.69) is 13.8 Å². The van der Waals surface area contributed by atoms with Crippen molar-refractivity contribution in [2.24, 2.45) is 11.8 Å². The summed E-state index contributed by atoms with van der Waals surface area (Å²) in [5, 5.41) is 0. The second kappa shape index (κ2) is 3.99. The average molecular weight is 224 g/mol. The lowest BCUT2D eigenvalue weighted by Crippen LogP contribution is -2.31. The number of epoxide rings is 1. The molecule has 5 atom stereocenters. The maximum Gasteiger partial charge on any atom is 0.0923 e. The van der Waals surface area contributed by atoms with Gasteiger partial charge in [-0.1, -0.05) is 0 Å². The van der Waals surface area contributed by atoms with Gasteiger partial charge in [0.25, 0.3) is 0 Å². The van der Waals surface area contributed by atoms with Gasteiger partial charge in [0, 0.05) is 6.61 Å². The van der Waals surface area contributed by atoms with E-state index in [-0.39, 0.29) is 5.60 Å². The predicted octanol–water partition coefficient (Wildman–Crippen LogP) is 3.15. The van der Waals surface area contributed by atoms with Crippen molar-refractivity contribution in [1.82, 2.24) is 0 Å². The van der Waals surface area contributed by atoms with E-state index in [0.29, 0.717) is 12.2 Å². The van der Waals surface area contributed by atoms with Crippen molar-refractivity contribution in [3.8, 4) is 0 Å². The van der Waals surface area contributed by atoms with Gasteiger partial charge in [0.05, 0.1) is 17.8 Å². The lowest BCUT2D eigenvalue weighted by molar-refractivity contribution is -0.0242. The monoisotopic (exact) mass is 224 g/mol. The summed E-state index contributed by atoms with van der Waals surface area (Å²) in [6.45, 7) is 5.53. The van der Waals surface area contributed by atoms with Crippen molar-refractivity contribution in [1.29, 1.82) is 0 Å². The Labute approximate surface area is 98.7 Å². The molecule has 1 saturated carbocycles. The molecule has 0 aromatic heterocycles. The van der Waals surface area contributed by atoms with Crippen LogP contribution in [-0.4, -0.2) is 24.4 Å². The first-order valence-corrected chi connectivity index (χ1v) is 6.97. The van der Waals surface area contributed by atoms with Crippen molar-refractivity contribution in [2.75, 3.05) is 6.61 Å². The Morgan fingerprint density at radius 3 is 2.88 bits per heavy atom. The standard InChI is InChI=1S/C14H24O2/c1-10-12(4-3-7-15-10)8-11-5-6-13-14(2,9-11)16-13/h10-13H,3-9H2,1-2H3/t10?,11?,12?,13?,14-/m0/s1. The van der Waals surface area contributed by atoms with E-state index >= 15 is 0 Å². The zero-order chi connectivity index (χ0) is 11.2. The van der Waals surface area contributed by atoms with Crippen LogP contribution in [0.2, 0.25) is 0 Å². The molecule has 16 heavy (non-hydrogen) atoms. The Kier molecular flexibility index (Phi) is 2.75. The van der Waals surface area contributed by atoms with Crippen LogP contribution < -0.4 is 0 Å². The van der Waals surface area contributed by atoms with E-state index in [0.717, 1.165) is 18.4 Å². The fraction of sp³-hybridized carbons (Fsp3) is 1.00. The van der Waals surface area contributed by atoms with Crippen LogP contribution in [0.15, 0.2) is 0 Å². The van der Waals surface area contributed by atoms with Gasteiger partial charge in [-0.05, 0) is 64.2 Å². The molecule has 0 amide bonds. The van der Waals surface area contributed by atoms with E-state index in [9.17, 15) is 0 Å². The Balaban J connectivity index is 1.54. The van der Waals surface area contributed by atoms with E-state index < -0.39 is 0 Å². The van der Waals surface area contributed by atoms with Gasteiger partial charge in [0.2, 0.25) is 0 Å². The first-order valence-electron chi connectivity index (χ1n) is 6.97. The molecule has 2 heteroatoms. The smallest absolute Gasteiger partial charge is 0.0923 e. The minimum atomic E-state index is 0.266. The number of rotatable bonds is 2. The van der Waals surface area contributed by atoms with Crippen molar-refractivity contribution in [3.05, 3.63) is 0 Å². The largest absolute Gasteiger partial charge is 0.378 e. The SMILES string of the molecule is CC1OCCCC1CC1CCC2O[C@@]2(C)C1. The summed E-state index contributed by atoms with van der Waals surface area (Å²) < 4.78 is 11.5. The third kappa shape index (κ3) is 2.02. The molecule has 2 aliphatic heterocycles. The fourth-order valence-electron chi connectivity index (χ4n) is 3.82. The lowest BCUT2D eigenvalue weighted by Gasteiger charge is -2.33. The molecule has 0 N–H and O–H groups in total. The molecule has 0 aromatic rings. The van der Waals surface area contributed by atoms with Gasteiger partial charge in [-0.2, -0.15) is 0 Å². The Morgan fingerprint density at radius 2 is 2.12 bits per heavy atom. The molecule has 2 heterocycles. The third-order valence-corrected chi connectivity index (χ3v) is 4.97. The molecular weight excluding hydrogens is 200 g/mol. The van der Waals surface area contributed by atoms with Gasteiger partial charge in [0.1, 0.15) is 0 Å². The quantitative estimate of drug-likeness (QED) is 0.672. The van der Waals surface area contributed by atoms with Crippen LogP contribution in [0.1, 0.15) is 52.4 Å². The van der Waals surface area contributed by atoms with Crippen LogP contribution in [0.5, 0.6) is 0 Å². The van der Waals surface area contributed by atoms with Crippen LogP contribution in [0.4, 0.5) is 0 Å². The highest BCUT2D eigenvalue weighted by atomic mass is 16.6. The average Bonchev–Trinajstić information content (AvgIpc) is 2.92. The summed E-state index contributed by atoms with van der Waals surface area (Å²) in [4.78, 5) is 0. The fourth-order valence-corrected chi connectivity index (χ4v) is 3.82. The topological polar surface area (TPSA) is 21.8 Å². The summed E-state index contributed by atoms with van der Waals surface area (Å²) in [5.41, 5.74) is 0.266. The molecule has 92 valence electrons. The molecule has 0 spiro atoms. The molecule has 3 aliphatic rings. The lowest BCUT2D eigenvalue weighted by atomic mass is 9.76. The highest BCUT2D eigenvalue weighted by molar-refractivity contribution is 5.03. The predicted molar refractivity (Wildman–Crippen MR) is 63.4 cm³/mol. The Bertz CT molecular complexity index is 265. The molecule has 2 saturated heterocycles. The minimum Gasteiger partial charge on any atom is -0.378 e. The van der Waals surface area contributed by atoms with Crippen molar-refractivity contribution < 1.29 is 9.47 Å². The van der Waals surface area contributed by atoms with E-state index in [1.165, 1.54) is 38.5 Å². The van der Waals surface area contributed by atoms with Crippen molar-refractivity contribution in [3.63, 3.8) is 0 Å². The molecular formula is C14H24O2. The molecule has 0 bridgehead atoms. The maximum absolute atomic E-state index is 5.78. The summed E-state index contributed by atoms with van der Waals surface area (Å²) >= 11 is 0. The Morgan fingerprint density at radius 1 is 1.25 bits per heavy atom. The second-order valence-electron chi connectivity index (χ2n) is 6.28. The van der Waals surface area contributed by atoms with Gasteiger partial charge in [0.15, 0.2) is 0 Å². The second-order valence-corrected chi connectivity index (χ2v) is 6.28. The molecule has 4 unspecified atom stereocenters. The van der Waals surface area contributed by atoms with Gasteiger partial charge in [-0.3, -0.25) is 0 Å². The molecule has 3 fully saturated rings. The minimum absolute atomic E-state index is 0.266. The summed E-state index contributed by atoms with van der Waals surface area (Å²) in [6.07, 6.45) is 9.06. The first kappa shape index (κ1) is 11.0. The van der Waals surface area contributed by atoms with Gasteiger partial charge in [-0.25, -0.2) is 0 Å². The normalized spacial score (nSPS) is 52.1. The maximum atomic E-state index is 5.78. The zero-order valence-electron chi connectivity index (χ0n) is 10.6. The number of fused-ring (bicyclic) bond motifs is 1. The van der Waals surface area contributed by atoms with E-state index in [1.807, 2.05) is 0 Å². The molecule has 1 aliphatic carbocycles. The van der Waals surface area contributed by atoms with Gasteiger partial charge < -0.3 is 9.47 Å². The third-order valence-electron chi connectivity index (χ3n) is 4.97. The summed E-state index contributed by atoms with van der Waals surface area (Å²) in [6, 6.07) is 0. The van der Waals surface area contributed by atoms with Crippen LogP contribution in [-0.2, 0) is 9.47 Å². The van der Waals surface area contributed by atoms with Crippen LogP contribution in [0.3, 0.4) is 0 Å². The highest BCUT2D eigenvalue weighted by Crippen LogP contribution is 2.51. The molecule has 2 nitrogen and oxygen atoms in total. The van der Waals surface area contributed by atoms with Crippen LogP contribution in [0.25, 0.3) is 0 Å². The summed E-state index contributed by atoms with van der Waals surface area (Å²) in [7, 11) is 0. The zero-order valence-corrected chi connectivity index (χ0v) is 10.6. The molecule has 0 aromatic carbocycles. The number of ether oxygens (including phenoxy) is 2. The number of hydrogen-bond acceptors (Lipinski definition) is 2. The highest BCUT2D eigenvalue weighted by Gasteiger charge is 2.55. The van der Waals surface area contributed by atoms with Crippen LogP contribution in [0, 0.1) is 11.8 Å². The van der Waals surface area contributed by atoms with Crippen LogP contribution >= 0.6 is 0 Å². The molecule has 0 radical (unpaired) electrons. The first-order chi connectivity index (χ1) is 7.67. The van der Waals surface area contributed by atoms with Gasteiger partial charge >= 0.3 is 0 Å².